The average Bonchev–Trinajstić information content (AvgIpc) is 2.82. The molecule has 2 N–H and O–H groups in total. The van der Waals surface area contributed by atoms with E-state index < -0.39 is 24.0 Å². The Morgan fingerprint density at radius 1 is 0.688 bits per heavy atom. The Balaban J connectivity index is 1.56. The minimum absolute atomic E-state index is 0.646. The summed E-state index contributed by atoms with van der Waals surface area (Å²) in [5.41, 5.74) is 4.85. The summed E-state index contributed by atoms with van der Waals surface area (Å²) in [6.45, 7) is 5.41. The Labute approximate surface area is 187 Å². The molecule has 1 aliphatic rings. The molecule has 1 saturated carbocycles. The molecule has 0 spiro atoms. The van der Waals surface area contributed by atoms with Crippen molar-refractivity contribution in [2.24, 2.45) is 0 Å². The summed E-state index contributed by atoms with van der Waals surface area (Å²) in [5.74, 6) is -1.29. The zero-order chi connectivity index (χ0) is 22.2. The van der Waals surface area contributed by atoms with Gasteiger partial charge in [0.1, 0.15) is 0 Å². The van der Waals surface area contributed by atoms with Crippen LogP contribution in [0.3, 0.4) is 0 Å². The standard InChI is InChI=1S/C26H26N4O2/c1-3-27-23-15-9-5-7-11-19(15)29-13-17(23)21-25(31)22(26(21)32)18-14-30-20-12-8-6-10-16(20)24(18)28-4-2/h5-14,21-22,25-26H,3-4H2,1-2H3,(H,27,29)(H,28,30)/q-2. The van der Waals surface area contributed by atoms with Crippen molar-refractivity contribution in [2.45, 2.75) is 37.9 Å². The summed E-state index contributed by atoms with van der Waals surface area (Å²) in [5, 5.41) is 35.7. The number of benzene rings is 2. The quantitative estimate of drug-likeness (QED) is 0.492. The van der Waals surface area contributed by atoms with Gasteiger partial charge in [0, 0.05) is 47.6 Å². The van der Waals surface area contributed by atoms with E-state index in [9.17, 15) is 10.2 Å². The van der Waals surface area contributed by atoms with E-state index in [0.717, 1.165) is 44.3 Å². The summed E-state index contributed by atoms with van der Waals surface area (Å²) in [4.78, 5) is 9.08. The highest BCUT2D eigenvalue weighted by Gasteiger charge is 2.41. The van der Waals surface area contributed by atoms with Crippen LogP contribution in [0.25, 0.3) is 21.8 Å². The molecule has 0 radical (unpaired) electrons. The van der Waals surface area contributed by atoms with Gasteiger partial charge in [-0.3, -0.25) is 9.97 Å². The average molecular weight is 427 g/mol. The van der Waals surface area contributed by atoms with E-state index in [2.05, 4.69) is 20.6 Å². The fourth-order valence-electron chi connectivity index (χ4n) is 4.95. The molecule has 0 saturated heterocycles. The third-order valence-electron chi connectivity index (χ3n) is 6.45. The Morgan fingerprint density at radius 3 is 1.50 bits per heavy atom. The van der Waals surface area contributed by atoms with E-state index >= 15 is 0 Å². The summed E-state index contributed by atoms with van der Waals surface area (Å²) in [6.07, 6.45) is 1.30. The van der Waals surface area contributed by atoms with Gasteiger partial charge in [-0.2, -0.15) is 0 Å². The van der Waals surface area contributed by atoms with Gasteiger partial charge in [0.05, 0.1) is 11.0 Å². The number of anilines is 2. The zero-order valence-electron chi connectivity index (χ0n) is 18.2. The van der Waals surface area contributed by atoms with Crippen LogP contribution in [0.5, 0.6) is 0 Å². The molecule has 164 valence electrons. The zero-order valence-corrected chi connectivity index (χ0v) is 18.2. The molecule has 6 heteroatoms. The lowest BCUT2D eigenvalue weighted by Crippen LogP contribution is -2.63. The maximum Gasteiger partial charge on any atom is 0.0722 e. The van der Waals surface area contributed by atoms with Crippen molar-refractivity contribution in [1.82, 2.24) is 9.97 Å². The second-order valence-electron chi connectivity index (χ2n) is 8.25. The van der Waals surface area contributed by atoms with E-state index in [4.69, 9.17) is 0 Å². The SMILES string of the molecule is CCNc1c(C2C([O-])C(c3cnc4ccccc4c3NCC)C2[O-])cnc2ccccc12. The van der Waals surface area contributed by atoms with E-state index in [-0.39, 0.29) is 0 Å². The normalized spacial score (nSPS) is 22.6. The first-order valence-electron chi connectivity index (χ1n) is 11.2. The highest BCUT2D eigenvalue weighted by molar-refractivity contribution is 5.94. The maximum atomic E-state index is 13.5. The Bertz CT molecular complexity index is 1170. The molecule has 0 atom stereocenters. The molecule has 0 bridgehead atoms. The molecule has 0 aliphatic heterocycles. The fraction of sp³-hybridized carbons (Fsp3) is 0.308. The van der Waals surface area contributed by atoms with Crippen LogP contribution in [-0.4, -0.2) is 35.3 Å². The van der Waals surface area contributed by atoms with Crippen LogP contribution in [0.4, 0.5) is 11.4 Å². The molecular formula is C26H26N4O2-2. The number of hydrogen-bond acceptors (Lipinski definition) is 6. The van der Waals surface area contributed by atoms with Crippen LogP contribution in [0.1, 0.15) is 36.8 Å². The lowest BCUT2D eigenvalue weighted by Gasteiger charge is -2.62. The number of aromatic nitrogens is 2. The van der Waals surface area contributed by atoms with Gasteiger partial charge in [0.15, 0.2) is 0 Å². The highest BCUT2D eigenvalue weighted by Crippen LogP contribution is 2.50. The smallest absolute Gasteiger partial charge is 0.0722 e. The second-order valence-corrected chi connectivity index (χ2v) is 8.25. The van der Waals surface area contributed by atoms with Gasteiger partial charge in [-0.25, -0.2) is 0 Å². The first kappa shape index (κ1) is 20.7. The Kier molecular flexibility index (Phi) is 5.41. The molecule has 0 amide bonds. The Hall–Kier alpha value is -3.22. The van der Waals surface area contributed by atoms with Crippen molar-refractivity contribution in [3.8, 4) is 0 Å². The van der Waals surface area contributed by atoms with Gasteiger partial charge < -0.3 is 20.8 Å². The number of rotatable bonds is 6. The van der Waals surface area contributed by atoms with Crippen LogP contribution in [0.15, 0.2) is 60.9 Å². The fourth-order valence-corrected chi connectivity index (χ4v) is 4.95. The summed E-state index contributed by atoms with van der Waals surface area (Å²) >= 11 is 0. The Morgan fingerprint density at radius 2 is 1.09 bits per heavy atom. The number of pyridine rings is 2. The molecule has 2 aromatic carbocycles. The van der Waals surface area contributed by atoms with Crippen LogP contribution in [-0.2, 0) is 0 Å². The minimum atomic E-state index is -1.06. The molecule has 6 nitrogen and oxygen atoms in total. The first-order chi connectivity index (χ1) is 15.7. The second kappa shape index (κ2) is 8.37. The molecule has 1 fully saturated rings. The monoisotopic (exact) mass is 426 g/mol. The molecule has 2 aromatic heterocycles. The van der Waals surface area contributed by atoms with Crippen molar-refractivity contribution >= 4 is 33.2 Å². The van der Waals surface area contributed by atoms with Crippen molar-refractivity contribution in [1.29, 1.82) is 0 Å². The topological polar surface area (TPSA) is 96.0 Å². The number of fused-ring (bicyclic) bond motifs is 2. The van der Waals surface area contributed by atoms with Crippen molar-refractivity contribution in [3.05, 3.63) is 72.1 Å². The van der Waals surface area contributed by atoms with E-state index in [1.54, 1.807) is 12.4 Å². The third-order valence-corrected chi connectivity index (χ3v) is 6.45. The number of para-hydroxylation sites is 2. The molecule has 0 unspecified atom stereocenters. The van der Waals surface area contributed by atoms with Crippen LogP contribution < -0.4 is 20.8 Å². The molecule has 2 heterocycles. The third kappa shape index (κ3) is 3.18. The van der Waals surface area contributed by atoms with Gasteiger partial charge in [-0.15, -0.1) is 12.2 Å². The summed E-state index contributed by atoms with van der Waals surface area (Å²) < 4.78 is 0. The molecule has 4 aromatic rings. The van der Waals surface area contributed by atoms with E-state index in [0.29, 0.717) is 13.1 Å². The van der Waals surface area contributed by atoms with Crippen molar-refractivity contribution < 1.29 is 10.2 Å². The number of hydrogen-bond donors (Lipinski definition) is 2. The predicted molar refractivity (Wildman–Crippen MR) is 125 cm³/mol. The minimum Gasteiger partial charge on any atom is -0.851 e. The van der Waals surface area contributed by atoms with Gasteiger partial charge in [-0.05, 0) is 48.9 Å². The summed E-state index contributed by atoms with van der Waals surface area (Å²) in [6, 6.07) is 15.6. The van der Waals surface area contributed by atoms with Crippen LogP contribution >= 0.6 is 0 Å². The van der Waals surface area contributed by atoms with Crippen molar-refractivity contribution in [2.75, 3.05) is 23.7 Å². The van der Waals surface area contributed by atoms with Crippen LogP contribution in [0, 0.1) is 0 Å². The molecule has 32 heavy (non-hydrogen) atoms. The predicted octanol–water partition coefficient (Wildman–Crippen LogP) is 2.99. The van der Waals surface area contributed by atoms with E-state index in [1.165, 1.54) is 0 Å². The molecular weight excluding hydrogens is 400 g/mol. The molecule has 5 rings (SSSR count). The van der Waals surface area contributed by atoms with Gasteiger partial charge in [0.25, 0.3) is 0 Å². The van der Waals surface area contributed by atoms with Crippen molar-refractivity contribution in [3.63, 3.8) is 0 Å². The molecule has 1 aliphatic carbocycles. The summed E-state index contributed by atoms with van der Waals surface area (Å²) in [7, 11) is 0. The van der Waals surface area contributed by atoms with Gasteiger partial charge in [0.2, 0.25) is 0 Å². The lowest BCUT2D eigenvalue weighted by atomic mass is 9.63. The maximum absolute atomic E-state index is 13.5. The highest BCUT2D eigenvalue weighted by atomic mass is 16.3. The first-order valence-corrected chi connectivity index (χ1v) is 11.2. The number of nitrogens with one attached hydrogen (secondary N) is 2. The van der Waals surface area contributed by atoms with Gasteiger partial charge in [-0.1, -0.05) is 36.4 Å². The van der Waals surface area contributed by atoms with Crippen LogP contribution in [0.2, 0.25) is 0 Å². The lowest BCUT2D eigenvalue weighted by molar-refractivity contribution is -0.535. The van der Waals surface area contributed by atoms with E-state index in [1.807, 2.05) is 62.4 Å². The largest absolute Gasteiger partial charge is 0.851 e. The van der Waals surface area contributed by atoms with Gasteiger partial charge >= 0.3 is 0 Å². The number of nitrogens with zero attached hydrogens (tertiary/aromatic N) is 2.